The van der Waals surface area contributed by atoms with Crippen molar-refractivity contribution in [3.63, 3.8) is 0 Å². The Kier molecular flexibility index (Phi) is 4.65. The molecule has 3 aromatic rings. The van der Waals surface area contributed by atoms with Gasteiger partial charge in [-0.1, -0.05) is 6.07 Å². The van der Waals surface area contributed by atoms with E-state index in [9.17, 15) is 8.42 Å². The highest BCUT2D eigenvalue weighted by Gasteiger charge is 2.15. The molecular formula is C17H20N4O3S. The zero-order chi connectivity index (χ0) is 18.0. The van der Waals surface area contributed by atoms with Crippen LogP contribution in [0.4, 0.5) is 11.5 Å². The van der Waals surface area contributed by atoms with E-state index in [2.05, 4.69) is 15.0 Å². The quantitative estimate of drug-likeness (QED) is 0.706. The number of fused-ring (bicyclic) bond motifs is 1. The zero-order valence-corrected chi connectivity index (χ0v) is 15.1. The Hall–Kier alpha value is -2.58. The second kappa shape index (κ2) is 6.73. The average Bonchev–Trinajstić information content (AvgIpc) is 2.97. The highest BCUT2D eigenvalue weighted by atomic mass is 32.2. The van der Waals surface area contributed by atoms with E-state index in [0.717, 1.165) is 21.0 Å². The zero-order valence-electron chi connectivity index (χ0n) is 14.3. The van der Waals surface area contributed by atoms with Gasteiger partial charge in [-0.25, -0.2) is 4.98 Å². The fraction of sp³-hybridized carbons (Fsp3) is 0.235. The molecule has 0 atom stereocenters. The molecule has 2 aromatic heterocycles. The lowest BCUT2D eigenvalue weighted by Crippen LogP contribution is -2.29. The molecule has 0 saturated carbocycles. The van der Waals surface area contributed by atoms with Gasteiger partial charge in [0.15, 0.2) is 0 Å². The molecule has 0 spiro atoms. The predicted molar refractivity (Wildman–Crippen MR) is 98.7 cm³/mol. The second-order valence-electron chi connectivity index (χ2n) is 5.84. The first-order valence-corrected chi connectivity index (χ1v) is 9.18. The lowest BCUT2D eigenvalue weighted by molar-refractivity contribution is 0.515. The van der Waals surface area contributed by atoms with Crippen LogP contribution in [0.15, 0.2) is 47.1 Å². The Morgan fingerprint density at radius 2 is 1.96 bits per heavy atom. The minimum absolute atomic E-state index is 0.493. The van der Waals surface area contributed by atoms with Crippen LogP contribution < -0.4 is 10.0 Å². The van der Waals surface area contributed by atoms with Gasteiger partial charge in [-0.15, -0.1) is 0 Å². The number of rotatable bonds is 6. The third-order valence-corrected chi connectivity index (χ3v) is 5.29. The molecule has 0 bridgehead atoms. The number of furan rings is 1. The van der Waals surface area contributed by atoms with Crippen LogP contribution in [0.25, 0.3) is 10.9 Å². The van der Waals surface area contributed by atoms with E-state index in [1.54, 1.807) is 18.4 Å². The van der Waals surface area contributed by atoms with Gasteiger partial charge in [-0.3, -0.25) is 4.72 Å². The van der Waals surface area contributed by atoms with Gasteiger partial charge < -0.3 is 9.73 Å². The molecule has 7 nitrogen and oxygen atoms in total. The van der Waals surface area contributed by atoms with Gasteiger partial charge in [0.25, 0.3) is 0 Å². The summed E-state index contributed by atoms with van der Waals surface area (Å²) in [6.07, 6.45) is 1.66. The van der Waals surface area contributed by atoms with E-state index in [1.165, 1.54) is 14.1 Å². The number of aryl methyl sites for hydroxylation is 1. The third kappa shape index (κ3) is 3.75. The molecule has 0 fully saturated rings. The number of hydrogen-bond donors (Lipinski definition) is 2. The van der Waals surface area contributed by atoms with Crippen LogP contribution in [0, 0.1) is 6.92 Å². The molecule has 8 heteroatoms. The molecule has 0 saturated heterocycles. The fourth-order valence-electron chi connectivity index (χ4n) is 2.33. The summed E-state index contributed by atoms with van der Waals surface area (Å²) in [7, 11) is -0.617. The third-order valence-electron chi connectivity index (χ3n) is 3.85. The van der Waals surface area contributed by atoms with E-state index in [0.29, 0.717) is 23.6 Å². The van der Waals surface area contributed by atoms with E-state index in [-0.39, 0.29) is 0 Å². The van der Waals surface area contributed by atoms with Gasteiger partial charge in [0.2, 0.25) is 0 Å². The van der Waals surface area contributed by atoms with Crippen LogP contribution in [0.2, 0.25) is 0 Å². The molecule has 2 heterocycles. The number of nitrogens with one attached hydrogen (secondary N) is 2. The molecule has 25 heavy (non-hydrogen) atoms. The lowest BCUT2D eigenvalue weighted by Gasteiger charge is -2.15. The first kappa shape index (κ1) is 17.2. The maximum atomic E-state index is 12.0. The molecule has 1 aromatic carbocycles. The van der Waals surface area contributed by atoms with Gasteiger partial charge in [0.1, 0.15) is 11.6 Å². The number of benzene rings is 1. The number of hydrogen-bond acceptors (Lipinski definition) is 5. The highest BCUT2D eigenvalue weighted by Crippen LogP contribution is 2.25. The van der Waals surface area contributed by atoms with Gasteiger partial charge in [-0.05, 0) is 42.8 Å². The van der Waals surface area contributed by atoms with Gasteiger partial charge in [0, 0.05) is 19.5 Å². The van der Waals surface area contributed by atoms with E-state index in [4.69, 9.17) is 4.42 Å². The van der Waals surface area contributed by atoms with Crippen molar-refractivity contribution in [1.82, 2.24) is 9.29 Å². The fourth-order valence-corrected chi connectivity index (χ4v) is 2.97. The van der Waals surface area contributed by atoms with Crippen LogP contribution >= 0.6 is 0 Å². The Morgan fingerprint density at radius 1 is 1.16 bits per heavy atom. The topological polar surface area (TPSA) is 87.5 Å². The minimum atomic E-state index is -3.57. The standard InChI is InChI=1S/C17H20N4O3S/c1-12-9-10-24-16(12)11-18-17-8-7-13-14(19-17)5-4-6-15(13)20-25(22,23)21(2)3/h4-10,20H,11H2,1-3H3,(H,18,19). The summed E-state index contributed by atoms with van der Waals surface area (Å²) >= 11 is 0. The van der Waals surface area contributed by atoms with Crippen molar-refractivity contribution in [3.8, 4) is 0 Å². The van der Waals surface area contributed by atoms with Crippen LogP contribution in [0.3, 0.4) is 0 Å². The molecule has 132 valence electrons. The molecule has 2 N–H and O–H groups in total. The Bertz CT molecular complexity index is 996. The van der Waals surface area contributed by atoms with Gasteiger partial charge in [-0.2, -0.15) is 12.7 Å². The normalized spacial score (nSPS) is 11.8. The van der Waals surface area contributed by atoms with Crippen molar-refractivity contribution in [2.45, 2.75) is 13.5 Å². The Morgan fingerprint density at radius 3 is 2.64 bits per heavy atom. The molecular weight excluding hydrogens is 340 g/mol. The van der Waals surface area contributed by atoms with Crippen molar-refractivity contribution in [2.75, 3.05) is 24.1 Å². The summed E-state index contributed by atoms with van der Waals surface area (Å²) in [5, 5.41) is 3.94. The van der Waals surface area contributed by atoms with Crippen molar-refractivity contribution in [1.29, 1.82) is 0 Å². The number of aromatic nitrogens is 1. The molecule has 3 rings (SSSR count). The van der Waals surface area contributed by atoms with E-state index >= 15 is 0 Å². The number of anilines is 2. The highest BCUT2D eigenvalue weighted by molar-refractivity contribution is 7.90. The van der Waals surface area contributed by atoms with Crippen LogP contribution in [0.5, 0.6) is 0 Å². The molecule has 0 aliphatic rings. The molecule has 0 amide bonds. The maximum absolute atomic E-state index is 12.0. The second-order valence-corrected chi connectivity index (χ2v) is 7.72. The van der Waals surface area contributed by atoms with Crippen molar-refractivity contribution >= 4 is 32.6 Å². The summed E-state index contributed by atoms with van der Waals surface area (Å²) in [5.74, 6) is 1.55. The van der Waals surface area contributed by atoms with Crippen molar-refractivity contribution in [3.05, 3.63) is 54.0 Å². The summed E-state index contributed by atoms with van der Waals surface area (Å²) in [4.78, 5) is 4.54. The van der Waals surface area contributed by atoms with Crippen LogP contribution in [0.1, 0.15) is 11.3 Å². The Balaban J connectivity index is 1.85. The monoisotopic (exact) mass is 360 g/mol. The van der Waals surface area contributed by atoms with E-state index < -0.39 is 10.2 Å². The Labute approximate surface area is 146 Å². The maximum Gasteiger partial charge on any atom is 0.301 e. The van der Waals surface area contributed by atoms with Crippen molar-refractivity contribution in [2.24, 2.45) is 0 Å². The molecule has 0 radical (unpaired) electrons. The molecule has 0 unspecified atom stereocenters. The summed E-state index contributed by atoms with van der Waals surface area (Å²) in [6.45, 7) is 2.52. The lowest BCUT2D eigenvalue weighted by atomic mass is 10.2. The first-order chi connectivity index (χ1) is 11.9. The largest absolute Gasteiger partial charge is 0.467 e. The summed E-state index contributed by atoms with van der Waals surface area (Å²) in [5.41, 5.74) is 2.26. The van der Waals surface area contributed by atoms with Crippen molar-refractivity contribution < 1.29 is 12.8 Å². The predicted octanol–water partition coefficient (Wildman–Crippen LogP) is 2.97. The summed E-state index contributed by atoms with van der Waals surface area (Å²) in [6, 6.07) is 10.9. The first-order valence-electron chi connectivity index (χ1n) is 7.74. The molecule has 0 aliphatic carbocycles. The minimum Gasteiger partial charge on any atom is -0.467 e. The van der Waals surface area contributed by atoms with Crippen LogP contribution in [-0.2, 0) is 16.8 Å². The van der Waals surface area contributed by atoms with Gasteiger partial charge >= 0.3 is 10.2 Å². The summed E-state index contributed by atoms with van der Waals surface area (Å²) < 4.78 is 33.2. The molecule has 0 aliphatic heterocycles. The number of nitrogens with zero attached hydrogens (tertiary/aromatic N) is 2. The van der Waals surface area contributed by atoms with E-state index in [1.807, 2.05) is 31.2 Å². The SMILES string of the molecule is Cc1ccoc1CNc1ccc2c(NS(=O)(=O)N(C)C)cccc2n1. The smallest absolute Gasteiger partial charge is 0.301 e. The number of pyridine rings is 1. The van der Waals surface area contributed by atoms with Gasteiger partial charge in [0.05, 0.1) is 24.0 Å². The van der Waals surface area contributed by atoms with Crippen LogP contribution in [-0.4, -0.2) is 31.8 Å². The average molecular weight is 360 g/mol.